The maximum absolute atomic E-state index is 13.4. The second kappa shape index (κ2) is 11.3. The van der Waals surface area contributed by atoms with Crippen LogP contribution in [0.5, 0.6) is 5.75 Å². The van der Waals surface area contributed by atoms with Gasteiger partial charge in [0, 0.05) is 11.0 Å². The van der Waals surface area contributed by atoms with Crippen molar-refractivity contribution in [3.63, 3.8) is 0 Å². The van der Waals surface area contributed by atoms with Gasteiger partial charge in [0.15, 0.2) is 0 Å². The van der Waals surface area contributed by atoms with Crippen LogP contribution in [0.4, 0.5) is 13.2 Å². The van der Waals surface area contributed by atoms with Crippen molar-refractivity contribution in [3.8, 4) is 11.4 Å². The largest absolute Gasteiger partial charge is 0.505 e. The fourth-order valence-electron chi connectivity index (χ4n) is 5.72. The molecule has 0 fully saturated rings. The van der Waals surface area contributed by atoms with E-state index in [1.165, 1.54) is 10.9 Å². The van der Waals surface area contributed by atoms with Crippen LogP contribution in [0.15, 0.2) is 91.0 Å². The topological polar surface area (TPSA) is 50.9 Å². The summed E-state index contributed by atoms with van der Waals surface area (Å²) in [5.74, 6) is -0.0188. The number of hydrogen-bond donors (Lipinski definition) is 1. The number of halogens is 3. The lowest BCUT2D eigenvalue weighted by atomic mass is 9.68. The van der Waals surface area contributed by atoms with Crippen LogP contribution in [0, 0.1) is 0 Å². The Balaban J connectivity index is 1.78. The molecule has 1 N–H and O–H groups in total. The number of aromatic hydroxyl groups is 1. The third-order valence-corrected chi connectivity index (χ3v) is 8.44. The molecule has 0 aliphatic heterocycles. The standard InChI is InChI=1S/C35H36F3N3O/c1-5-6-13-20-33(2,3)27-21-28(34(4,24-14-9-7-10-15-24)25-16-11-8-12-17-25)32(42)31(23-27)41-39-29-19-18-26(35(36,37)38)22-30(29)40-41/h7-12,14-19,21-23,42H,5-6,13,20H2,1-4H3. The van der Waals surface area contributed by atoms with Crippen LogP contribution < -0.4 is 0 Å². The molecule has 0 aliphatic rings. The Morgan fingerprint density at radius 2 is 1.29 bits per heavy atom. The van der Waals surface area contributed by atoms with Gasteiger partial charge in [0.05, 0.1) is 5.56 Å². The molecule has 0 saturated carbocycles. The number of hydrogen-bond acceptors (Lipinski definition) is 3. The Morgan fingerprint density at radius 1 is 0.690 bits per heavy atom. The molecule has 218 valence electrons. The highest BCUT2D eigenvalue weighted by Crippen LogP contribution is 2.47. The van der Waals surface area contributed by atoms with Crippen LogP contribution in [0.3, 0.4) is 0 Å². The number of nitrogens with zero attached hydrogens (tertiary/aromatic N) is 3. The molecule has 42 heavy (non-hydrogen) atoms. The molecular formula is C35H36F3N3O. The summed E-state index contributed by atoms with van der Waals surface area (Å²) in [7, 11) is 0. The van der Waals surface area contributed by atoms with Gasteiger partial charge in [0.1, 0.15) is 22.5 Å². The van der Waals surface area contributed by atoms with Crippen molar-refractivity contribution in [2.45, 2.75) is 70.4 Å². The molecule has 0 aliphatic carbocycles. The molecule has 0 atom stereocenters. The predicted octanol–water partition coefficient (Wildman–Crippen LogP) is 9.36. The monoisotopic (exact) mass is 571 g/mol. The van der Waals surface area contributed by atoms with Gasteiger partial charge in [-0.1, -0.05) is 107 Å². The first kappa shape index (κ1) is 29.4. The predicted molar refractivity (Wildman–Crippen MR) is 161 cm³/mol. The molecule has 5 aromatic rings. The molecule has 0 radical (unpaired) electrons. The zero-order valence-electron chi connectivity index (χ0n) is 24.4. The molecule has 7 heteroatoms. The van der Waals surface area contributed by atoms with Crippen molar-refractivity contribution in [1.29, 1.82) is 0 Å². The first-order valence-corrected chi connectivity index (χ1v) is 14.4. The first-order chi connectivity index (χ1) is 19.9. The van der Waals surface area contributed by atoms with E-state index < -0.39 is 17.2 Å². The van der Waals surface area contributed by atoms with Crippen molar-refractivity contribution < 1.29 is 18.3 Å². The van der Waals surface area contributed by atoms with Gasteiger partial charge in [-0.3, -0.25) is 0 Å². The third kappa shape index (κ3) is 5.52. The highest BCUT2D eigenvalue weighted by atomic mass is 19.4. The average Bonchev–Trinajstić information content (AvgIpc) is 3.41. The highest BCUT2D eigenvalue weighted by molar-refractivity contribution is 5.75. The minimum absolute atomic E-state index is 0.0188. The Hall–Kier alpha value is -4.13. The van der Waals surface area contributed by atoms with E-state index >= 15 is 0 Å². The van der Waals surface area contributed by atoms with Gasteiger partial charge in [-0.25, -0.2) is 0 Å². The SMILES string of the molecule is CCCCCC(C)(C)c1cc(-n2nc3ccc(C(F)(F)F)cc3n2)c(O)c(C(C)(c2ccccc2)c2ccccc2)c1. The molecule has 5 rings (SSSR count). The molecule has 0 saturated heterocycles. The van der Waals surface area contributed by atoms with Crippen LogP contribution in [0.1, 0.15) is 81.2 Å². The number of fused-ring (bicyclic) bond motifs is 1. The summed E-state index contributed by atoms with van der Waals surface area (Å²) in [4.78, 5) is 1.27. The van der Waals surface area contributed by atoms with Crippen molar-refractivity contribution in [2.24, 2.45) is 0 Å². The second-order valence-corrected chi connectivity index (χ2v) is 11.8. The Morgan fingerprint density at radius 3 is 1.86 bits per heavy atom. The fourth-order valence-corrected chi connectivity index (χ4v) is 5.72. The number of alkyl halides is 3. The van der Waals surface area contributed by atoms with Crippen LogP contribution >= 0.6 is 0 Å². The highest BCUT2D eigenvalue weighted by Gasteiger charge is 2.37. The first-order valence-electron chi connectivity index (χ1n) is 14.4. The van der Waals surface area contributed by atoms with Crippen LogP contribution in [0.25, 0.3) is 16.7 Å². The number of rotatable bonds is 9. The molecule has 1 aromatic heterocycles. The summed E-state index contributed by atoms with van der Waals surface area (Å²) in [6, 6.07) is 27.3. The maximum atomic E-state index is 13.4. The molecule has 0 bridgehead atoms. The van der Waals surface area contributed by atoms with Crippen LogP contribution in [-0.2, 0) is 17.0 Å². The van der Waals surface area contributed by atoms with E-state index in [1.54, 1.807) is 0 Å². The van der Waals surface area contributed by atoms with Crippen molar-refractivity contribution in [3.05, 3.63) is 119 Å². The summed E-state index contributed by atoms with van der Waals surface area (Å²) in [6.07, 6.45) is -0.301. The van der Waals surface area contributed by atoms with Gasteiger partial charge in [-0.05, 0) is 59.7 Å². The summed E-state index contributed by atoms with van der Waals surface area (Å²) < 4.78 is 40.3. The Bertz CT molecular complexity index is 1640. The van der Waals surface area contributed by atoms with E-state index in [2.05, 4.69) is 44.0 Å². The van der Waals surface area contributed by atoms with Crippen LogP contribution in [-0.4, -0.2) is 20.1 Å². The van der Waals surface area contributed by atoms with Crippen molar-refractivity contribution in [2.75, 3.05) is 0 Å². The summed E-state index contributed by atoms with van der Waals surface area (Å²) in [5.41, 5.74) is 2.60. The maximum Gasteiger partial charge on any atom is 0.416 e. The summed E-state index contributed by atoms with van der Waals surface area (Å²) in [5, 5.41) is 21.0. The number of phenolic OH excluding ortho intramolecular Hbond substituents is 1. The lowest BCUT2D eigenvalue weighted by Crippen LogP contribution is -2.27. The summed E-state index contributed by atoms with van der Waals surface area (Å²) >= 11 is 0. The van der Waals surface area contributed by atoms with Gasteiger partial charge in [0.25, 0.3) is 0 Å². The quantitative estimate of drug-likeness (QED) is 0.142. The number of unbranched alkanes of at least 4 members (excludes halogenated alkanes) is 2. The van der Waals surface area contributed by atoms with E-state index in [0.29, 0.717) is 16.8 Å². The molecule has 4 nitrogen and oxygen atoms in total. The van der Waals surface area contributed by atoms with E-state index in [4.69, 9.17) is 0 Å². The van der Waals surface area contributed by atoms with E-state index in [9.17, 15) is 18.3 Å². The average molecular weight is 572 g/mol. The van der Waals surface area contributed by atoms with Gasteiger partial charge in [-0.2, -0.15) is 13.2 Å². The molecule has 0 spiro atoms. The van der Waals surface area contributed by atoms with Crippen LogP contribution in [0.2, 0.25) is 0 Å². The lowest BCUT2D eigenvalue weighted by molar-refractivity contribution is -0.137. The molecular weight excluding hydrogens is 535 g/mol. The molecule has 0 unspecified atom stereocenters. The minimum atomic E-state index is -4.50. The molecule has 1 heterocycles. The zero-order valence-corrected chi connectivity index (χ0v) is 24.4. The Labute approximate surface area is 244 Å². The molecule has 4 aromatic carbocycles. The van der Waals surface area contributed by atoms with Gasteiger partial charge in [-0.15, -0.1) is 15.0 Å². The third-order valence-electron chi connectivity index (χ3n) is 8.44. The van der Waals surface area contributed by atoms with E-state index in [1.807, 2.05) is 66.7 Å². The van der Waals surface area contributed by atoms with Crippen molar-refractivity contribution >= 4 is 11.0 Å². The normalized spacial score (nSPS) is 12.6. The molecule has 0 amide bonds. The van der Waals surface area contributed by atoms with E-state index in [0.717, 1.165) is 54.5 Å². The van der Waals surface area contributed by atoms with Gasteiger partial charge < -0.3 is 5.11 Å². The van der Waals surface area contributed by atoms with Gasteiger partial charge >= 0.3 is 6.18 Å². The lowest BCUT2D eigenvalue weighted by Gasteiger charge is -2.35. The fraction of sp³-hybridized carbons (Fsp3) is 0.314. The number of aromatic nitrogens is 3. The van der Waals surface area contributed by atoms with Crippen molar-refractivity contribution in [1.82, 2.24) is 15.0 Å². The minimum Gasteiger partial charge on any atom is -0.505 e. The van der Waals surface area contributed by atoms with E-state index in [-0.39, 0.29) is 16.7 Å². The number of benzene rings is 4. The second-order valence-electron chi connectivity index (χ2n) is 11.8. The number of phenols is 1. The zero-order chi connectivity index (χ0) is 30.1. The van der Waals surface area contributed by atoms with Gasteiger partial charge in [0.2, 0.25) is 0 Å². The summed E-state index contributed by atoms with van der Waals surface area (Å²) in [6.45, 7) is 8.64. The smallest absolute Gasteiger partial charge is 0.416 e. The Kier molecular flexibility index (Phi) is 7.88.